The molecule has 0 atom stereocenters. The van der Waals surface area contributed by atoms with Crippen molar-refractivity contribution in [3.05, 3.63) is 53.4 Å². The van der Waals surface area contributed by atoms with Gasteiger partial charge in [-0.2, -0.15) is 5.10 Å². The van der Waals surface area contributed by atoms with E-state index in [1.54, 1.807) is 40.7 Å². The van der Waals surface area contributed by atoms with Gasteiger partial charge in [-0.25, -0.2) is 0 Å². The van der Waals surface area contributed by atoms with Gasteiger partial charge in [0, 0.05) is 38.1 Å². The monoisotopic (exact) mass is 373 g/mol. The smallest absolute Gasteiger partial charge is 0.272 e. The third kappa shape index (κ3) is 3.58. The van der Waals surface area contributed by atoms with Gasteiger partial charge in [0.15, 0.2) is 0 Å². The Morgan fingerprint density at radius 2 is 2.15 bits per heavy atom. The molecule has 26 heavy (non-hydrogen) atoms. The molecule has 1 aromatic carbocycles. The molecule has 0 unspecified atom stereocenters. The summed E-state index contributed by atoms with van der Waals surface area (Å²) in [7, 11) is 3.61. The molecule has 136 valence electrons. The molecule has 3 aromatic rings. The van der Waals surface area contributed by atoms with Gasteiger partial charge in [0.1, 0.15) is 18.1 Å². The Hall–Kier alpha value is -2.77. The van der Waals surface area contributed by atoms with Gasteiger partial charge in [0.05, 0.1) is 16.9 Å². The van der Waals surface area contributed by atoms with Crippen LogP contribution in [0.3, 0.4) is 0 Å². The van der Waals surface area contributed by atoms with E-state index in [1.807, 2.05) is 25.4 Å². The van der Waals surface area contributed by atoms with Crippen LogP contribution in [0.1, 0.15) is 10.5 Å². The Balaban J connectivity index is 1.97. The quantitative estimate of drug-likeness (QED) is 0.695. The lowest BCUT2D eigenvalue weighted by Gasteiger charge is -2.14. The Bertz CT molecular complexity index is 912. The van der Waals surface area contributed by atoms with Gasteiger partial charge in [0.25, 0.3) is 5.91 Å². The second-order valence-electron chi connectivity index (χ2n) is 5.77. The van der Waals surface area contributed by atoms with E-state index in [-0.39, 0.29) is 5.91 Å². The van der Waals surface area contributed by atoms with E-state index in [4.69, 9.17) is 22.1 Å². The van der Waals surface area contributed by atoms with Gasteiger partial charge in [-0.15, -0.1) is 0 Å². The highest BCUT2D eigenvalue weighted by molar-refractivity contribution is 6.33. The van der Waals surface area contributed by atoms with Crippen LogP contribution in [0, 0.1) is 0 Å². The highest BCUT2D eigenvalue weighted by Gasteiger charge is 2.17. The van der Waals surface area contributed by atoms with Crippen LogP contribution in [-0.2, 0) is 14.1 Å². The molecule has 0 aliphatic heterocycles. The van der Waals surface area contributed by atoms with Crippen LogP contribution < -0.4 is 15.8 Å². The maximum Gasteiger partial charge on any atom is 0.272 e. The van der Waals surface area contributed by atoms with Gasteiger partial charge >= 0.3 is 0 Å². The predicted octanol–water partition coefficient (Wildman–Crippen LogP) is 2.67. The van der Waals surface area contributed by atoms with Crippen molar-refractivity contribution >= 4 is 23.2 Å². The summed E-state index contributed by atoms with van der Waals surface area (Å²) in [4.78, 5) is 12.5. The lowest BCUT2D eigenvalue weighted by molar-refractivity contribution is 0.101. The van der Waals surface area contributed by atoms with E-state index in [0.29, 0.717) is 41.0 Å². The maximum atomic E-state index is 12.5. The minimum absolute atomic E-state index is 0.199. The average Bonchev–Trinajstić information content (AvgIpc) is 3.19. The van der Waals surface area contributed by atoms with E-state index < -0.39 is 0 Å². The van der Waals surface area contributed by atoms with Crippen LogP contribution in [-0.4, -0.2) is 33.4 Å². The van der Waals surface area contributed by atoms with Gasteiger partial charge in [0.2, 0.25) is 0 Å². The van der Waals surface area contributed by atoms with E-state index in [9.17, 15) is 4.79 Å². The number of ether oxygens (including phenoxy) is 1. The molecule has 1 amide bonds. The zero-order chi connectivity index (χ0) is 18.7. The number of nitrogens with two attached hydrogens (primary N) is 1. The highest BCUT2D eigenvalue weighted by Crippen LogP contribution is 2.36. The number of rotatable bonds is 6. The Kier molecular flexibility index (Phi) is 5.29. The summed E-state index contributed by atoms with van der Waals surface area (Å²) >= 11 is 6.29. The number of carbonyl (C=O) groups excluding carboxylic acids is 1. The molecule has 7 nitrogen and oxygen atoms in total. The molecule has 0 fully saturated rings. The first kappa shape index (κ1) is 18.0. The highest BCUT2D eigenvalue weighted by atomic mass is 35.5. The first-order valence-electron chi connectivity index (χ1n) is 8.08. The second-order valence-corrected chi connectivity index (χ2v) is 6.18. The lowest BCUT2D eigenvalue weighted by Crippen LogP contribution is -2.15. The first-order valence-corrected chi connectivity index (χ1v) is 8.46. The number of nitrogens with one attached hydrogen (secondary N) is 1. The minimum Gasteiger partial charge on any atom is -0.492 e. The van der Waals surface area contributed by atoms with Crippen molar-refractivity contribution in [1.82, 2.24) is 14.3 Å². The second kappa shape index (κ2) is 7.63. The minimum atomic E-state index is -0.199. The third-order valence-corrected chi connectivity index (χ3v) is 4.22. The summed E-state index contributed by atoms with van der Waals surface area (Å²) in [5.74, 6) is 0.424. The topological polar surface area (TPSA) is 87.1 Å². The summed E-state index contributed by atoms with van der Waals surface area (Å²) in [6.45, 7) is 0.766. The standard InChI is InChI=1S/C18H20ClN5O2/c1-23-8-3-4-15(23)18(25)22-12-5-6-16(26-9-7-20)13(10-12)17-14(19)11-21-24(17)2/h3-6,8,10-11H,7,9,20H2,1-2H3,(H,22,25). The number of amides is 1. The molecule has 3 rings (SSSR count). The van der Waals surface area contributed by atoms with Crippen LogP contribution in [0.25, 0.3) is 11.3 Å². The molecular formula is C18H20ClN5O2. The van der Waals surface area contributed by atoms with Gasteiger partial charge < -0.3 is 20.4 Å². The zero-order valence-corrected chi connectivity index (χ0v) is 15.3. The fraction of sp³-hybridized carbons (Fsp3) is 0.222. The molecular weight excluding hydrogens is 354 g/mol. The fourth-order valence-electron chi connectivity index (χ4n) is 2.69. The number of hydrogen-bond donors (Lipinski definition) is 2. The molecule has 0 saturated heterocycles. The number of anilines is 1. The maximum absolute atomic E-state index is 12.5. The fourth-order valence-corrected chi connectivity index (χ4v) is 2.96. The molecule has 0 spiro atoms. The van der Waals surface area contributed by atoms with Crippen LogP contribution >= 0.6 is 11.6 Å². The summed E-state index contributed by atoms with van der Waals surface area (Å²) < 4.78 is 9.15. The molecule has 2 aromatic heterocycles. The van der Waals surface area contributed by atoms with Gasteiger partial charge in [-0.1, -0.05) is 11.6 Å². The SMILES string of the molecule is Cn1cccc1C(=O)Nc1ccc(OCCN)c(-c2c(Cl)cnn2C)c1. The average molecular weight is 374 g/mol. The van der Waals surface area contributed by atoms with Crippen molar-refractivity contribution in [3.8, 4) is 17.0 Å². The molecule has 0 aliphatic carbocycles. The number of hydrogen-bond acceptors (Lipinski definition) is 4. The van der Waals surface area contributed by atoms with Crippen LogP contribution in [0.2, 0.25) is 5.02 Å². The predicted molar refractivity (Wildman–Crippen MR) is 102 cm³/mol. The van der Waals surface area contributed by atoms with Crippen LogP contribution in [0.4, 0.5) is 5.69 Å². The van der Waals surface area contributed by atoms with E-state index in [1.165, 1.54) is 0 Å². The molecule has 0 radical (unpaired) electrons. The number of nitrogens with zero attached hydrogens (tertiary/aromatic N) is 3. The van der Waals surface area contributed by atoms with Crippen molar-refractivity contribution in [2.75, 3.05) is 18.5 Å². The van der Waals surface area contributed by atoms with Crippen molar-refractivity contribution in [3.63, 3.8) is 0 Å². The molecule has 0 bridgehead atoms. The normalized spacial score (nSPS) is 10.8. The van der Waals surface area contributed by atoms with E-state index >= 15 is 0 Å². The van der Waals surface area contributed by atoms with E-state index in [0.717, 1.165) is 5.56 Å². The summed E-state index contributed by atoms with van der Waals surface area (Å²) in [5.41, 5.74) is 8.17. The Morgan fingerprint density at radius 1 is 1.35 bits per heavy atom. The van der Waals surface area contributed by atoms with Crippen LogP contribution in [0.15, 0.2) is 42.7 Å². The number of aryl methyl sites for hydroxylation is 2. The number of benzene rings is 1. The Labute approximate surface area is 156 Å². The first-order chi connectivity index (χ1) is 12.5. The summed E-state index contributed by atoms with van der Waals surface area (Å²) in [5, 5.41) is 7.56. The van der Waals surface area contributed by atoms with E-state index in [2.05, 4.69) is 10.4 Å². The summed E-state index contributed by atoms with van der Waals surface area (Å²) in [6.07, 6.45) is 3.39. The largest absolute Gasteiger partial charge is 0.492 e. The van der Waals surface area contributed by atoms with Crippen molar-refractivity contribution in [1.29, 1.82) is 0 Å². The lowest BCUT2D eigenvalue weighted by atomic mass is 10.1. The van der Waals surface area contributed by atoms with Gasteiger partial charge in [-0.05, 0) is 30.3 Å². The summed E-state index contributed by atoms with van der Waals surface area (Å²) in [6, 6.07) is 8.96. The third-order valence-electron chi connectivity index (χ3n) is 3.94. The zero-order valence-electron chi connectivity index (χ0n) is 14.6. The number of aromatic nitrogens is 3. The van der Waals surface area contributed by atoms with Crippen molar-refractivity contribution in [2.45, 2.75) is 0 Å². The molecule has 3 N–H and O–H groups in total. The molecule has 2 heterocycles. The van der Waals surface area contributed by atoms with Crippen molar-refractivity contribution < 1.29 is 9.53 Å². The molecule has 8 heteroatoms. The van der Waals surface area contributed by atoms with Crippen molar-refractivity contribution in [2.24, 2.45) is 19.8 Å². The molecule has 0 aliphatic rings. The van der Waals surface area contributed by atoms with Crippen LogP contribution in [0.5, 0.6) is 5.75 Å². The molecule has 0 saturated carbocycles. The number of carbonyl (C=O) groups is 1. The van der Waals surface area contributed by atoms with Gasteiger partial charge in [-0.3, -0.25) is 9.48 Å². The Morgan fingerprint density at radius 3 is 2.77 bits per heavy atom. The number of halogens is 1.